The van der Waals surface area contributed by atoms with Crippen molar-refractivity contribution in [2.75, 3.05) is 0 Å². The molecule has 2 amide bonds. The number of esters is 3. The highest BCUT2D eigenvalue weighted by Crippen LogP contribution is 2.41. The van der Waals surface area contributed by atoms with Crippen LogP contribution in [-0.2, 0) is 69.8 Å². The molecule has 0 radical (unpaired) electrons. The highest BCUT2D eigenvalue weighted by atomic mass is 28.4. The zero-order valence-corrected chi connectivity index (χ0v) is 46.7. The van der Waals surface area contributed by atoms with Gasteiger partial charge in [0.1, 0.15) is 19.1 Å². The van der Waals surface area contributed by atoms with Crippen LogP contribution in [0.1, 0.15) is 101 Å². The molecule has 4 rings (SSSR count). The third kappa shape index (κ3) is 18.6. The predicted octanol–water partition coefficient (Wildman–Crippen LogP) is 9.06. The number of carbonyl (C=O) groups excluding carboxylic acids is 7. The molecule has 0 unspecified atom stereocenters. The summed E-state index contributed by atoms with van der Waals surface area (Å²) in [6.45, 7) is 29.0. The quantitative estimate of drug-likeness (QED) is 0.0144. The predicted molar refractivity (Wildman–Crippen MR) is 282 cm³/mol. The fraction of sp³-hybridized carbons (Fsp3) is 0.571. The molecule has 2 fully saturated rings. The van der Waals surface area contributed by atoms with Crippen LogP contribution in [0, 0.1) is 17.8 Å². The van der Waals surface area contributed by atoms with Crippen molar-refractivity contribution >= 4 is 80.7 Å². The van der Waals surface area contributed by atoms with Gasteiger partial charge in [-0.05, 0) is 72.3 Å². The van der Waals surface area contributed by atoms with Gasteiger partial charge in [0.2, 0.25) is 11.8 Å². The molecule has 408 valence electrons. The fourth-order valence-corrected chi connectivity index (χ4v) is 9.56. The van der Waals surface area contributed by atoms with E-state index in [2.05, 4.69) is 108 Å². The van der Waals surface area contributed by atoms with Gasteiger partial charge in [-0.3, -0.25) is 24.0 Å². The third-order valence-corrected chi connectivity index (χ3v) is 22.2. The standard InChI is InChI=1S/C23H32N6O5Si.C13H25NO4Si.C12H11N5O3.CH4/c1-13(18-17(21(31)26-18)14(2)34-35(6,7)23(3,4)5)20(30)19(27-24)22(32)33-12-15-8-10-16(11-9-15)28-29-25;1-8(18-19(6,7)13(3,4)5)10-11(16)14-12(10)17-9(2)15;1-2-10(18)11(15-13)12(19)20-7-8-3-5-9(6-4-8)16-17-14;/h8-11,13-14,17-18H,12H2,1-7H3,(H,26,31);8,10,12H,1-7H3,(H,14,16);3-6H,2,7H2,1H3;1H4/t13-,14-,17-,18-;8-,10+,12-;;/m11../s1. The van der Waals surface area contributed by atoms with Crippen molar-refractivity contribution in [1.29, 1.82) is 0 Å². The molecule has 0 aromatic heterocycles. The molecule has 26 heteroatoms. The van der Waals surface area contributed by atoms with E-state index in [1.807, 2.05) is 13.8 Å². The minimum Gasteiger partial charge on any atom is -0.452 e. The summed E-state index contributed by atoms with van der Waals surface area (Å²) in [5, 5.41) is 12.2. The normalized spacial score (nSPS) is 17.8. The second-order valence-electron chi connectivity index (χ2n) is 20.5. The summed E-state index contributed by atoms with van der Waals surface area (Å²) in [4.78, 5) is 94.0. The molecule has 7 atom stereocenters. The summed E-state index contributed by atoms with van der Waals surface area (Å²) in [5.74, 6) is -5.98. The number of hydrogen-bond acceptors (Lipinski definition) is 14. The van der Waals surface area contributed by atoms with Crippen LogP contribution in [0.3, 0.4) is 0 Å². The summed E-state index contributed by atoms with van der Waals surface area (Å²) >= 11 is 0. The van der Waals surface area contributed by atoms with Crippen LogP contribution in [-0.4, -0.2) is 103 Å². The zero-order chi connectivity index (χ0) is 56.5. The second kappa shape index (κ2) is 28.5. The lowest BCUT2D eigenvalue weighted by Gasteiger charge is -2.46. The van der Waals surface area contributed by atoms with Crippen LogP contribution in [0.15, 0.2) is 58.8 Å². The first-order chi connectivity index (χ1) is 34.3. The summed E-state index contributed by atoms with van der Waals surface area (Å²) < 4.78 is 27.6. The number of benzene rings is 2. The number of azide groups is 2. The maximum atomic E-state index is 13.0. The van der Waals surface area contributed by atoms with E-state index in [4.69, 9.17) is 39.7 Å². The molecule has 2 aromatic rings. The van der Waals surface area contributed by atoms with Gasteiger partial charge in [0.05, 0.1) is 24.2 Å². The van der Waals surface area contributed by atoms with Crippen molar-refractivity contribution in [1.82, 2.24) is 10.6 Å². The molecule has 0 aliphatic carbocycles. The Labute approximate surface area is 439 Å². The van der Waals surface area contributed by atoms with E-state index in [9.17, 15) is 39.1 Å². The van der Waals surface area contributed by atoms with Crippen molar-refractivity contribution in [2.45, 2.75) is 164 Å². The lowest BCUT2D eigenvalue weighted by Crippen LogP contribution is -2.67. The highest BCUT2D eigenvalue weighted by molar-refractivity contribution is 6.74. The number of hydrogen-bond donors (Lipinski definition) is 2. The molecule has 0 bridgehead atoms. The van der Waals surface area contributed by atoms with Crippen molar-refractivity contribution in [3.8, 4) is 0 Å². The summed E-state index contributed by atoms with van der Waals surface area (Å²) in [5.41, 5.74) is 35.3. The first-order valence-electron chi connectivity index (χ1n) is 23.6. The van der Waals surface area contributed by atoms with E-state index in [1.165, 1.54) is 13.8 Å². The Morgan fingerprint density at radius 1 is 0.653 bits per heavy atom. The van der Waals surface area contributed by atoms with E-state index in [1.54, 1.807) is 55.5 Å². The number of amides is 2. The molecular formula is C49H72N12O12Si2. The average Bonchev–Trinajstić information content (AvgIpc) is 3.29. The lowest BCUT2D eigenvalue weighted by atomic mass is 9.76. The van der Waals surface area contributed by atoms with Gasteiger partial charge in [-0.2, -0.15) is 9.58 Å². The smallest absolute Gasteiger partial charge is 0.441 e. The molecule has 2 aromatic carbocycles. The monoisotopic (exact) mass is 1080 g/mol. The van der Waals surface area contributed by atoms with Gasteiger partial charge in [-0.1, -0.05) is 122 Å². The number of ketones is 2. The van der Waals surface area contributed by atoms with Gasteiger partial charge in [-0.25, -0.2) is 9.59 Å². The minimum absolute atomic E-state index is 0. The van der Waals surface area contributed by atoms with Crippen LogP contribution in [0.2, 0.25) is 36.3 Å². The Balaban J connectivity index is 0.000000601. The zero-order valence-electron chi connectivity index (χ0n) is 44.7. The average molecular weight is 1080 g/mol. The molecule has 2 N–H and O–H groups in total. The van der Waals surface area contributed by atoms with Crippen molar-refractivity contribution < 1.29 is 66.2 Å². The molecule has 2 saturated heterocycles. The van der Waals surface area contributed by atoms with E-state index in [-0.39, 0.29) is 55.1 Å². The van der Waals surface area contributed by atoms with Gasteiger partial charge in [0, 0.05) is 40.5 Å². The number of carbonyl (C=O) groups is 7. The number of ether oxygens (including phenoxy) is 3. The highest BCUT2D eigenvalue weighted by Gasteiger charge is 2.53. The van der Waals surface area contributed by atoms with Crippen LogP contribution < -0.4 is 10.6 Å². The first-order valence-corrected chi connectivity index (χ1v) is 29.4. The molecule has 75 heavy (non-hydrogen) atoms. The van der Waals surface area contributed by atoms with E-state index >= 15 is 0 Å². The summed E-state index contributed by atoms with van der Waals surface area (Å²) in [7, 11) is -4.09. The molecular weight excluding hydrogens is 1000 g/mol. The number of nitrogens with one attached hydrogen (secondary N) is 2. The van der Waals surface area contributed by atoms with Crippen LogP contribution in [0.4, 0.5) is 11.4 Å². The van der Waals surface area contributed by atoms with Gasteiger partial charge in [0.25, 0.3) is 11.6 Å². The first kappa shape index (κ1) is 65.9. The minimum atomic E-state index is -2.16. The molecule has 0 spiro atoms. The number of β-lactam (4-membered cyclic amide) rings is 2. The molecule has 0 saturated carbocycles. The SMILES string of the molecule is C.CC(=O)O[C@H]1NC(=O)[C@@H]1[C@@H](C)O[Si](C)(C)C(C)(C)C.CCC(=O)C(=[N+]=[N-])C(=O)OCc1ccc(N=[N+]=[N-])cc1.C[C@@H](O[Si](C)(C)C(C)(C)C)[C@H]1C(=O)N[C@@H]1[C@@H](C)C(=O)C(=[N+]=[N-])C(=O)OCc1ccc(N=[N+]=[N-])cc1. The van der Waals surface area contributed by atoms with Crippen molar-refractivity contribution in [3.05, 3.63) is 91.6 Å². The van der Waals surface area contributed by atoms with Gasteiger partial charge >= 0.3 is 29.3 Å². The third-order valence-electron chi connectivity index (χ3n) is 13.1. The fourth-order valence-electron chi connectivity index (χ4n) is 6.70. The maximum Gasteiger partial charge on any atom is 0.441 e. The lowest BCUT2D eigenvalue weighted by molar-refractivity contribution is -0.173. The Hall–Kier alpha value is -7.14. The Bertz CT molecular complexity index is 2610. The van der Waals surface area contributed by atoms with E-state index < -0.39 is 93.7 Å². The maximum absolute atomic E-state index is 13.0. The molecule has 24 nitrogen and oxygen atoms in total. The number of nitrogens with zero attached hydrogens (tertiary/aromatic N) is 10. The Morgan fingerprint density at radius 3 is 1.37 bits per heavy atom. The van der Waals surface area contributed by atoms with Crippen molar-refractivity contribution in [2.24, 2.45) is 28.0 Å². The Morgan fingerprint density at radius 2 is 1.04 bits per heavy atom. The van der Waals surface area contributed by atoms with Crippen LogP contribution in [0.5, 0.6) is 0 Å². The summed E-state index contributed by atoms with van der Waals surface area (Å²) in [6.07, 6.45) is -1.20. The van der Waals surface area contributed by atoms with Gasteiger partial charge < -0.3 is 44.8 Å². The summed E-state index contributed by atoms with van der Waals surface area (Å²) in [6, 6.07) is 12.0. The molecule has 2 heterocycles. The van der Waals surface area contributed by atoms with E-state index in [0.717, 1.165) is 0 Å². The van der Waals surface area contributed by atoms with Gasteiger partial charge in [0.15, 0.2) is 22.9 Å². The number of Topliss-reactive ketones (excluding diaryl/α,β-unsaturated/α-hetero) is 2. The largest absolute Gasteiger partial charge is 0.452 e. The van der Waals surface area contributed by atoms with Gasteiger partial charge in [-0.15, -0.1) is 0 Å². The number of rotatable bonds is 20. The van der Waals surface area contributed by atoms with E-state index in [0.29, 0.717) is 22.5 Å². The topological polar surface area (TPSA) is 360 Å². The second-order valence-corrected chi connectivity index (χ2v) is 30.0. The van der Waals surface area contributed by atoms with Crippen LogP contribution >= 0.6 is 0 Å². The molecule has 2 aliphatic heterocycles. The Kier molecular flexibility index (Phi) is 25.0. The van der Waals surface area contributed by atoms with Crippen LogP contribution in [0.25, 0.3) is 31.9 Å². The van der Waals surface area contributed by atoms with Crippen molar-refractivity contribution in [3.63, 3.8) is 0 Å². The molecule has 2 aliphatic rings.